The lowest BCUT2D eigenvalue weighted by atomic mass is 10.1. The van der Waals surface area contributed by atoms with Gasteiger partial charge in [0.05, 0.1) is 14.7 Å². The number of rotatable bonds is 2. The summed E-state index contributed by atoms with van der Waals surface area (Å²) in [6.45, 7) is 2.13. The van der Waals surface area contributed by atoms with Crippen LogP contribution in [0.4, 0.5) is 5.13 Å². The molecule has 0 amide bonds. The van der Waals surface area contributed by atoms with Gasteiger partial charge in [-0.2, -0.15) is 0 Å². The van der Waals surface area contributed by atoms with Crippen LogP contribution in [0.3, 0.4) is 0 Å². The summed E-state index contributed by atoms with van der Waals surface area (Å²) in [5, 5.41) is 8.87. The highest BCUT2D eigenvalue weighted by Gasteiger charge is 2.15. The number of nitrogens with one attached hydrogen (secondary N) is 2. The average Bonchev–Trinajstić information content (AvgIpc) is 2.79. The number of piperidine rings is 1. The van der Waals surface area contributed by atoms with Gasteiger partial charge in [-0.05, 0) is 38.1 Å². The predicted molar refractivity (Wildman–Crippen MR) is 79.2 cm³/mol. The molecule has 1 fully saturated rings. The molecule has 0 spiro atoms. The number of benzene rings is 1. The van der Waals surface area contributed by atoms with Crippen molar-refractivity contribution >= 4 is 49.9 Å². The molecule has 96 valence electrons. The fraction of sp³-hybridized carbons (Fsp3) is 0.417. The van der Waals surface area contributed by atoms with E-state index in [1.54, 1.807) is 11.3 Å². The summed E-state index contributed by atoms with van der Waals surface area (Å²) in [6, 6.07) is 4.29. The number of hydrogen-bond acceptors (Lipinski definition) is 4. The molecule has 0 saturated carbocycles. The number of aromatic nitrogens is 1. The van der Waals surface area contributed by atoms with Crippen LogP contribution in [-0.2, 0) is 0 Å². The van der Waals surface area contributed by atoms with E-state index in [-0.39, 0.29) is 0 Å². The lowest BCUT2D eigenvalue weighted by Gasteiger charge is -2.23. The zero-order valence-corrected chi connectivity index (χ0v) is 12.0. The van der Waals surface area contributed by atoms with Crippen LogP contribution in [-0.4, -0.2) is 24.1 Å². The van der Waals surface area contributed by atoms with Gasteiger partial charge in [0.1, 0.15) is 5.52 Å². The fourth-order valence-corrected chi connectivity index (χ4v) is 3.51. The Balaban J connectivity index is 1.86. The lowest BCUT2D eigenvalue weighted by molar-refractivity contribution is 0.479. The van der Waals surface area contributed by atoms with Crippen molar-refractivity contribution < 1.29 is 0 Å². The van der Waals surface area contributed by atoms with Crippen molar-refractivity contribution in [3.63, 3.8) is 0 Å². The Morgan fingerprint density at radius 1 is 1.28 bits per heavy atom. The monoisotopic (exact) mass is 301 g/mol. The van der Waals surface area contributed by atoms with Crippen molar-refractivity contribution in [3.8, 4) is 0 Å². The molecule has 3 nitrogen and oxygen atoms in total. The molecule has 0 bridgehead atoms. The summed E-state index contributed by atoms with van der Waals surface area (Å²) in [4.78, 5) is 4.54. The second kappa shape index (κ2) is 5.21. The highest BCUT2D eigenvalue weighted by Crippen LogP contribution is 2.35. The van der Waals surface area contributed by atoms with E-state index in [2.05, 4.69) is 15.6 Å². The summed E-state index contributed by atoms with van der Waals surface area (Å²) < 4.78 is 1.07. The highest BCUT2D eigenvalue weighted by atomic mass is 35.5. The zero-order valence-electron chi connectivity index (χ0n) is 9.67. The number of hydrogen-bond donors (Lipinski definition) is 2. The van der Waals surface area contributed by atoms with Crippen molar-refractivity contribution in [1.29, 1.82) is 0 Å². The van der Waals surface area contributed by atoms with Gasteiger partial charge in [-0.15, -0.1) is 0 Å². The van der Waals surface area contributed by atoms with Crippen LogP contribution in [0.5, 0.6) is 0 Å². The van der Waals surface area contributed by atoms with Gasteiger partial charge in [0.25, 0.3) is 0 Å². The van der Waals surface area contributed by atoms with E-state index in [1.807, 2.05) is 12.1 Å². The Bertz CT molecular complexity index is 564. The number of nitrogens with zero attached hydrogens (tertiary/aromatic N) is 1. The predicted octanol–water partition coefficient (Wildman–Crippen LogP) is 3.77. The maximum atomic E-state index is 6.16. The molecule has 2 aromatic rings. The number of thiazole rings is 1. The summed E-state index contributed by atoms with van der Waals surface area (Å²) in [5.41, 5.74) is 0.797. The second-order valence-electron chi connectivity index (χ2n) is 4.40. The third-order valence-corrected chi connectivity index (χ3v) is 4.86. The van der Waals surface area contributed by atoms with Crippen molar-refractivity contribution in [2.75, 3.05) is 18.4 Å². The van der Waals surface area contributed by atoms with E-state index in [0.29, 0.717) is 16.1 Å². The van der Waals surface area contributed by atoms with E-state index in [0.717, 1.165) is 41.3 Å². The van der Waals surface area contributed by atoms with Gasteiger partial charge in [-0.3, -0.25) is 0 Å². The third kappa shape index (κ3) is 2.43. The first-order valence-corrected chi connectivity index (χ1v) is 7.53. The molecule has 0 unspecified atom stereocenters. The number of anilines is 1. The van der Waals surface area contributed by atoms with E-state index >= 15 is 0 Å². The summed E-state index contributed by atoms with van der Waals surface area (Å²) >= 11 is 13.8. The second-order valence-corrected chi connectivity index (χ2v) is 6.21. The minimum Gasteiger partial charge on any atom is -0.359 e. The van der Waals surface area contributed by atoms with Gasteiger partial charge in [0, 0.05) is 6.04 Å². The molecule has 2 N–H and O–H groups in total. The summed E-state index contributed by atoms with van der Waals surface area (Å²) in [6.07, 6.45) is 2.26. The van der Waals surface area contributed by atoms with Gasteiger partial charge in [-0.1, -0.05) is 34.5 Å². The molecule has 2 heterocycles. The van der Waals surface area contributed by atoms with Crippen LogP contribution >= 0.6 is 34.5 Å². The Morgan fingerprint density at radius 3 is 2.83 bits per heavy atom. The van der Waals surface area contributed by atoms with E-state index in [1.165, 1.54) is 0 Å². The number of halogens is 2. The molecular weight excluding hydrogens is 289 g/mol. The first-order valence-electron chi connectivity index (χ1n) is 5.96. The van der Waals surface area contributed by atoms with Crippen LogP contribution < -0.4 is 10.6 Å². The minimum absolute atomic E-state index is 0.501. The molecule has 1 saturated heterocycles. The molecule has 0 atom stereocenters. The van der Waals surface area contributed by atoms with Crippen molar-refractivity contribution in [2.45, 2.75) is 18.9 Å². The Hall–Kier alpha value is -0.550. The average molecular weight is 302 g/mol. The van der Waals surface area contributed by atoms with Crippen molar-refractivity contribution in [1.82, 2.24) is 10.3 Å². The third-order valence-electron chi connectivity index (χ3n) is 3.12. The molecule has 1 aromatic carbocycles. The van der Waals surface area contributed by atoms with E-state index < -0.39 is 0 Å². The van der Waals surface area contributed by atoms with Crippen LogP contribution in [0.15, 0.2) is 12.1 Å². The van der Waals surface area contributed by atoms with Crippen LogP contribution in [0.1, 0.15) is 12.8 Å². The molecule has 6 heteroatoms. The SMILES string of the molecule is Clc1ccc2sc(NC3CCNCC3)nc2c1Cl. The Kier molecular flexibility index (Phi) is 3.61. The molecule has 1 aliphatic heterocycles. The first-order chi connectivity index (χ1) is 8.74. The molecular formula is C12H13Cl2N3S. The summed E-state index contributed by atoms with van der Waals surface area (Å²) in [7, 11) is 0. The maximum absolute atomic E-state index is 6.16. The molecule has 3 rings (SSSR count). The largest absolute Gasteiger partial charge is 0.359 e. The van der Waals surface area contributed by atoms with Gasteiger partial charge in [-0.25, -0.2) is 4.98 Å². The molecule has 1 aliphatic rings. The number of fused-ring (bicyclic) bond motifs is 1. The Labute approximate surface area is 119 Å². The van der Waals surface area contributed by atoms with E-state index in [4.69, 9.17) is 23.2 Å². The molecule has 0 radical (unpaired) electrons. The van der Waals surface area contributed by atoms with Gasteiger partial charge in [0.15, 0.2) is 5.13 Å². The summed E-state index contributed by atoms with van der Waals surface area (Å²) in [5.74, 6) is 0. The smallest absolute Gasteiger partial charge is 0.184 e. The molecule has 0 aliphatic carbocycles. The quantitative estimate of drug-likeness (QED) is 0.886. The molecule has 18 heavy (non-hydrogen) atoms. The normalized spacial score (nSPS) is 17.2. The van der Waals surface area contributed by atoms with Crippen molar-refractivity contribution in [2.24, 2.45) is 0 Å². The standard InChI is InChI=1S/C12H13Cl2N3S/c13-8-1-2-9-11(10(8)14)17-12(18-9)16-7-3-5-15-6-4-7/h1-2,7,15H,3-6H2,(H,16,17). The maximum Gasteiger partial charge on any atom is 0.184 e. The van der Waals surface area contributed by atoms with Crippen LogP contribution in [0.2, 0.25) is 10.0 Å². The van der Waals surface area contributed by atoms with Crippen LogP contribution in [0.25, 0.3) is 10.2 Å². The highest BCUT2D eigenvalue weighted by molar-refractivity contribution is 7.22. The Morgan fingerprint density at radius 2 is 2.06 bits per heavy atom. The van der Waals surface area contributed by atoms with Gasteiger partial charge < -0.3 is 10.6 Å². The first kappa shape index (κ1) is 12.5. The van der Waals surface area contributed by atoms with Crippen molar-refractivity contribution in [3.05, 3.63) is 22.2 Å². The fourth-order valence-electron chi connectivity index (χ4n) is 2.14. The minimum atomic E-state index is 0.501. The van der Waals surface area contributed by atoms with Gasteiger partial charge in [0.2, 0.25) is 0 Å². The van der Waals surface area contributed by atoms with Crippen LogP contribution in [0, 0.1) is 0 Å². The van der Waals surface area contributed by atoms with Gasteiger partial charge >= 0.3 is 0 Å². The topological polar surface area (TPSA) is 37.0 Å². The van der Waals surface area contributed by atoms with E-state index in [9.17, 15) is 0 Å². The lowest BCUT2D eigenvalue weighted by Crippen LogP contribution is -2.35. The molecule has 1 aromatic heterocycles. The zero-order chi connectivity index (χ0) is 12.5.